The normalized spacial score (nSPS) is 15.6. The molecule has 1 aliphatic carbocycles. The molecule has 0 saturated heterocycles. The van der Waals surface area contributed by atoms with E-state index in [0.717, 1.165) is 55.2 Å². The van der Waals surface area contributed by atoms with E-state index in [2.05, 4.69) is 19.9 Å². The zero-order chi connectivity index (χ0) is 26.2. The number of halogens is 3. The molecular formula is C34H39F3. The van der Waals surface area contributed by atoms with Gasteiger partial charge in [-0.25, -0.2) is 13.2 Å². The molecule has 0 saturated carbocycles. The molecule has 0 bridgehead atoms. The van der Waals surface area contributed by atoms with Crippen LogP contribution in [0.1, 0.15) is 89.2 Å². The molecule has 0 aromatic heterocycles. The van der Waals surface area contributed by atoms with Crippen LogP contribution in [0.25, 0.3) is 27.8 Å². The summed E-state index contributed by atoms with van der Waals surface area (Å²) in [4.78, 5) is 0. The van der Waals surface area contributed by atoms with E-state index in [1.54, 1.807) is 30.3 Å². The summed E-state index contributed by atoms with van der Waals surface area (Å²) in [5.74, 6) is -1.09. The van der Waals surface area contributed by atoms with Crippen LogP contribution < -0.4 is 0 Å². The molecule has 0 nitrogen and oxygen atoms in total. The van der Waals surface area contributed by atoms with Crippen molar-refractivity contribution in [3.8, 4) is 22.3 Å². The van der Waals surface area contributed by atoms with Gasteiger partial charge in [0.25, 0.3) is 0 Å². The van der Waals surface area contributed by atoms with Gasteiger partial charge in [0.15, 0.2) is 11.6 Å². The molecule has 0 aliphatic heterocycles. The minimum atomic E-state index is -0.793. The first-order chi connectivity index (χ1) is 18.0. The fourth-order valence-corrected chi connectivity index (χ4v) is 5.29. The first kappa shape index (κ1) is 27.2. The Balaban J connectivity index is 1.41. The molecular weight excluding hydrogens is 465 g/mol. The lowest BCUT2D eigenvalue weighted by Gasteiger charge is -2.19. The summed E-state index contributed by atoms with van der Waals surface area (Å²) in [5.41, 5.74) is 4.70. The Bertz CT molecular complexity index is 1210. The van der Waals surface area contributed by atoms with Crippen molar-refractivity contribution in [1.82, 2.24) is 0 Å². The minimum absolute atomic E-state index is 0.216. The van der Waals surface area contributed by atoms with Gasteiger partial charge in [-0.15, -0.1) is 0 Å². The molecule has 0 fully saturated rings. The monoisotopic (exact) mass is 504 g/mol. The summed E-state index contributed by atoms with van der Waals surface area (Å²) in [6.07, 6.45) is 13.8. The van der Waals surface area contributed by atoms with Crippen molar-refractivity contribution in [2.45, 2.75) is 84.5 Å². The van der Waals surface area contributed by atoms with Crippen molar-refractivity contribution in [3.05, 3.63) is 89.3 Å². The van der Waals surface area contributed by atoms with Crippen LogP contribution in [0.15, 0.2) is 60.7 Å². The number of hydrogen-bond donors (Lipinski definition) is 0. The SMILES string of the molecule is CCCCCCCCCc1ccc(-c2ccc(-c3ccc(C4=CCC(C)CC4)c(F)c3)cc2)c(F)c1F. The first-order valence-electron chi connectivity index (χ1n) is 14.0. The zero-order valence-electron chi connectivity index (χ0n) is 22.3. The largest absolute Gasteiger partial charge is 0.206 e. The summed E-state index contributed by atoms with van der Waals surface area (Å²) in [6, 6.07) is 16.0. The van der Waals surface area contributed by atoms with Gasteiger partial charge >= 0.3 is 0 Å². The first-order valence-corrected chi connectivity index (χ1v) is 14.0. The molecule has 1 unspecified atom stereocenters. The Kier molecular flexibility index (Phi) is 9.66. The number of unbranched alkanes of at least 4 members (excludes halogenated alkanes) is 6. The third-order valence-corrected chi connectivity index (χ3v) is 7.73. The third-order valence-electron chi connectivity index (χ3n) is 7.73. The molecule has 3 heteroatoms. The zero-order valence-corrected chi connectivity index (χ0v) is 22.3. The molecule has 3 aromatic rings. The Morgan fingerprint density at radius 3 is 2.03 bits per heavy atom. The van der Waals surface area contributed by atoms with Crippen LogP contribution in [0, 0.1) is 23.4 Å². The van der Waals surface area contributed by atoms with Crippen LogP contribution in [0.2, 0.25) is 0 Å². The average molecular weight is 505 g/mol. The van der Waals surface area contributed by atoms with E-state index >= 15 is 0 Å². The van der Waals surface area contributed by atoms with Crippen molar-refractivity contribution in [3.63, 3.8) is 0 Å². The summed E-state index contributed by atoms with van der Waals surface area (Å²) < 4.78 is 44.7. The molecule has 0 N–H and O–H groups in total. The van der Waals surface area contributed by atoms with E-state index in [4.69, 9.17) is 0 Å². The van der Waals surface area contributed by atoms with Crippen molar-refractivity contribution in [2.75, 3.05) is 0 Å². The van der Waals surface area contributed by atoms with E-state index < -0.39 is 11.6 Å². The van der Waals surface area contributed by atoms with Crippen LogP contribution in [-0.2, 0) is 6.42 Å². The number of hydrogen-bond acceptors (Lipinski definition) is 0. The van der Waals surface area contributed by atoms with Gasteiger partial charge < -0.3 is 0 Å². The van der Waals surface area contributed by atoms with Gasteiger partial charge in [-0.2, -0.15) is 0 Å². The molecule has 4 rings (SSSR count). The lowest BCUT2D eigenvalue weighted by atomic mass is 9.87. The van der Waals surface area contributed by atoms with Crippen molar-refractivity contribution >= 4 is 5.57 Å². The fourth-order valence-electron chi connectivity index (χ4n) is 5.29. The molecule has 37 heavy (non-hydrogen) atoms. The van der Waals surface area contributed by atoms with Gasteiger partial charge in [0.2, 0.25) is 0 Å². The Labute approximate surface area is 220 Å². The molecule has 0 amide bonds. The lowest BCUT2D eigenvalue weighted by molar-refractivity contribution is 0.497. The van der Waals surface area contributed by atoms with Gasteiger partial charge in [-0.05, 0) is 71.9 Å². The number of aryl methyl sites for hydroxylation is 1. The van der Waals surface area contributed by atoms with E-state index in [-0.39, 0.29) is 11.4 Å². The van der Waals surface area contributed by atoms with Crippen LogP contribution in [0.5, 0.6) is 0 Å². The van der Waals surface area contributed by atoms with Crippen molar-refractivity contribution < 1.29 is 13.2 Å². The second-order valence-electron chi connectivity index (χ2n) is 10.7. The van der Waals surface area contributed by atoms with E-state index in [0.29, 0.717) is 29.0 Å². The second kappa shape index (κ2) is 13.1. The van der Waals surface area contributed by atoms with Crippen molar-refractivity contribution in [1.29, 1.82) is 0 Å². The standard InChI is InChI=1S/C34H39F3/c1-3-4-5-6-7-8-9-10-28-19-22-31(34(37)33(28)36)27-17-15-25(16-18-27)29-20-21-30(32(35)23-29)26-13-11-24(2)12-14-26/h13,15-24H,3-12,14H2,1-2H3. The number of rotatable bonds is 11. The van der Waals surface area contributed by atoms with Gasteiger partial charge in [0.1, 0.15) is 5.82 Å². The highest BCUT2D eigenvalue weighted by atomic mass is 19.2. The van der Waals surface area contributed by atoms with Gasteiger partial charge in [-0.3, -0.25) is 0 Å². The molecule has 1 aliphatic rings. The maximum absolute atomic E-state index is 15.0. The Morgan fingerprint density at radius 2 is 1.35 bits per heavy atom. The minimum Gasteiger partial charge on any atom is -0.206 e. The van der Waals surface area contributed by atoms with Crippen molar-refractivity contribution in [2.24, 2.45) is 5.92 Å². The van der Waals surface area contributed by atoms with Gasteiger partial charge in [-0.1, -0.05) is 107 Å². The highest BCUT2D eigenvalue weighted by Crippen LogP contribution is 2.34. The second-order valence-corrected chi connectivity index (χ2v) is 10.7. The maximum atomic E-state index is 15.0. The van der Waals surface area contributed by atoms with Crippen LogP contribution in [-0.4, -0.2) is 0 Å². The summed E-state index contributed by atoms with van der Waals surface area (Å²) in [5, 5.41) is 0. The smallest absolute Gasteiger partial charge is 0.166 e. The van der Waals surface area contributed by atoms with Gasteiger partial charge in [0, 0.05) is 11.1 Å². The Morgan fingerprint density at radius 1 is 0.703 bits per heavy atom. The predicted molar refractivity (Wildman–Crippen MR) is 150 cm³/mol. The molecule has 0 radical (unpaired) electrons. The predicted octanol–water partition coefficient (Wildman–Crippen LogP) is 10.9. The van der Waals surface area contributed by atoms with Crippen LogP contribution in [0.3, 0.4) is 0 Å². The maximum Gasteiger partial charge on any atom is 0.166 e. The molecule has 196 valence electrons. The van der Waals surface area contributed by atoms with Gasteiger partial charge in [0.05, 0.1) is 0 Å². The van der Waals surface area contributed by atoms with E-state index in [1.165, 1.54) is 25.7 Å². The molecule has 3 aromatic carbocycles. The van der Waals surface area contributed by atoms with E-state index in [1.807, 2.05) is 24.3 Å². The Hall–Kier alpha value is -2.81. The lowest BCUT2D eigenvalue weighted by Crippen LogP contribution is -2.02. The molecule has 1 atom stereocenters. The molecule has 0 spiro atoms. The number of benzene rings is 3. The fraction of sp³-hybridized carbons (Fsp3) is 0.412. The third kappa shape index (κ3) is 6.94. The van der Waals surface area contributed by atoms with E-state index in [9.17, 15) is 13.2 Å². The quantitative estimate of drug-likeness (QED) is 0.228. The topological polar surface area (TPSA) is 0 Å². The summed E-state index contributed by atoms with van der Waals surface area (Å²) >= 11 is 0. The summed E-state index contributed by atoms with van der Waals surface area (Å²) in [6.45, 7) is 4.42. The highest BCUT2D eigenvalue weighted by Gasteiger charge is 2.17. The molecule has 0 heterocycles. The van der Waals surface area contributed by atoms with Crippen LogP contribution >= 0.6 is 0 Å². The van der Waals surface area contributed by atoms with Crippen LogP contribution in [0.4, 0.5) is 13.2 Å². The highest BCUT2D eigenvalue weighted by molar-refractivity contribution is 5.74. The summed E-state index contributed by atoms with van der Waals surface area (Å²) in [7, 11) is 0. The number of allylic oxidation sites excluding steroid dienone is 2. The average Bonchev–Trinajstić information content (AvgIpc) is 2.91.